The summed E-state index contributed by atoms with van der Waals surface area (Å²) in [6, 6.07) is 0.353. The number of carbonyl (C=O) groups is 1. The van der Waals surface area contributed by atoms with Gasteiger partial charge in [-0.2, -0.15) is 0 Å². The van der Waals surface area contributed by atoms with E-state index in [1.807, 2.05) is 11.0 Å². The molecule has 1 amide bonds. The van der Waals surface area contributed by atoms with Gasteiger partial charge in [0.15, 0.2) is 5.79 Å². The summed E-state index contributed by atoms with van der Waals surface area (Å²) in [5, 5.41) is 0. The predicted octanol–water partition coefficient (Wildman–Crippen LogP) is 1.71. The van der Waals surface area contributed by atoms with Crippen molar-refractivity contribution >= 4 is 5.91 Å². The Labute approximate surface area is 103 Å². The van der Waals surface area contributed by atoms with E-state index >= 15 is 0 Å². The molecule has 0 atom stereocenters. The third-order valence-electron chi connectivity index (χ3n) is 3.98. The zero-order valence-corrected chi connectivity index (χ0v) is 10.6. The molecule has 1 aliphatic carbocycles. The molecule has 1 heterocycles. The van der Waals surface area contributed by atoms with Crippen molar-refractivity contribution in [3.63, 3.8) is 0 Å². The van der Waals surface area contributed by atoms with Crippen LogP contribution >= 0.6 is 0 Å². The van der Waals surface area contributed by atoms with Gasteiger partial charge in [0.05, 0.1) is 0 Å². The van der Waals surface area contributed by atoms with Crippen molar-refractivity contribution in [1.29, 1.82) is 0 Å². The number of amides is 1. The van der Waals surface area contributed by atoms with Crippen LogP contribution in [0.4, 0.5) is 0 Å². The maximum Gasteiger partial charge on any atom is 0.246 e. The molecule has 0 spiro atoms. The van der Waals surface area contributed by atoms with Crippen LogP contribution in [0.25, 0.3) is 0 Å². The van der Waals surface area contributed by atoms with Gasteiger partial charge < -0.3 is 14.4 Å². The highest BCUT2D eigenvalue weighted by atomic mass is 16.7. The lowest BCUT2D eigenvalue weighted by atomic mass is 9.88. The summed E-state index contributed by atoms with van der Waals surface area (Å²) in [4.78, 5) is 13.8. The molecular formula is C13H21NO3. The molecule has 0 aromatic rings. The van der Waals surface area contributed by atoms with E-state index in [2.05, 4.69) is 0 Å². The molecule has 0 aromatic heterocycles. The maximum atomic E-state index is 11.8. The summed E-state index contributed by atoms with van der Waals surface area (Å²) in [7, 11) is 3.39. The van der Waals surface area contributed by atoms with Gasteiger partial charge >= 0.3 is 0 Å². The molecule has 0 bridgehead atoms. The van der Waals surface area contributed by atoms with Crippen LogP contribution in [0.15, 0.2) is 12.2 Å². The minimum Gasteiger partial charge on any atom is -0.353 e. The molecule has 0 N–H and O–H groups in total. The molecule has 0 aromatic carbocycles. The fourth-order valence-corrected chi connectivity index (χ4v) is 2.81. The molecule has 0 radical (unpaired) electrons. The zero-order valence-electron chi connectivity index (χ0n) is 10.6. The normalized spacial score (nSPS) is 25.3. The molecule has 17 heavy (non-hydrogen) atoms. The number of methoxy groups -OCH3 is 2. The molecule has 2 rings (SSSR count). The monoisotopic (exact) mass is 239 g/mol. The topological polar surface area (TPSA) is 38.8 Å². The van der Waals surface area contributed by atoms with E-state index < -0.39 is 5.79 Å². The molecule has 0 unspecified atom stereocenters. The fourth-order valence-electron chi connectivity index (χ4n) is 2.81. The highest BCUT2D eigenvalue weighted by molar-refractivity contribution is 5.88. The van der Waals surface area contributed by atoms with E-state index in [4.69, 9.17) is 9.47 Å². The average Bonchev–Trinajstić information content (AvgIpc) is 2.40. The van der Waals surface area contributed by atoms with Crippen LogP contribution in [-0.4, -0.2) is 43.4 Å². The lowest BCUT2D eigenvalue weighted by molar-refractivity contribution is -0.228. The molecule has 96 valence electrons. The van der Waals surface area contributed by atoms with Crippen LogP contribution in [0.2, 0.25) is 0 Å². The number of ether oxygens (including phenoxy) is 2. The Morgan fingerprint density at radius 2 is 1.94 bits per heavy atom. The van der Waals surface area contributed by atoms with Crippen molar-refractivity contribution < 1.29 is 14.3 Å². The van der Waals surface area contributed by atoms with Crippen LogP contribution in [0.5, 0.6) is 0 Å². The van der Waals surface area contributed by atoms with Gasteiger partial charge in [0.1, 0.15) is 0 Å². The Morgan fingerprint density at radius 3 is 2.47 bits per heavy atom. The Morgan fingerprint density at radius 1 is 1.29 bits per heavy atom. The second-order valence-electron chi connectivity index (χ2n) is 4.77. The van der Waals surface area contributed by atoms with Crippen LogP contribution in [0.1, 0.15) is 32.1 Å². The minimum absolute atomic E-state index is 0.156. The van der Waals surface area contributed by atoms with E-state index in [1.165, 1.54) is 0 Å². The summed E-state index contributed by atoms with van der Waals surface area (Å²) in [6.45, 7) is 0.854. The largest absolute Gasteiger partial charge is 0.353 e. The second-order valence-corrected chi connectivity index (χ2v) is 4.77. The van der Waals surface area contributed by atoms with Gasteiger partial charge in [0, 0.05) is 39.6 Å². The Balaban J connectivity index is 1.95. The first kappa shape index (κ1) is 12.6. The highest BCUT2D eigenvalue weighted by Crippen LogP contribution is 2.34. The molecule has 4 nitrogen and oxygen atoms in total. The fraction of sp³-hybridized carbons (Fsp3) is 0.769. The number of nitrogens with zero attached hydrogens (tertiary/aromatic N) is 1. The van der Waals surface area contributed by atoms with Crippen LogP contribution in [-0.2, 0) is 14.3 Å². The van der Waals surface area contributed by atoms with Crippen molar-refractivity contribution in [2.75, 3.05) is 20.8 Å². The second kappa shape index (κ2) is 5.19. The van der Waals surface area contributed by atoms with Gasteiger partial charge in [-0.25, -0.2) is 0 Å². The van der Waals surface area contributed by atoms with E-state index in [0.29, 0.717) is 6.04 Å². The molecule has 0 saturated heterocycles. The summed E-state index contributed by atoms with van der Waals surface area (Å²) in [5.41, 5.74) is 0. The first-order chi connectivity index (χ1) is 8.21. The summed E-state index contributed by atoms with van der Waals surface area (Å²) >= 11 is 0. The van der Waals surface area contributed by atoms with E-state index in [9.17, 15) is 4.79 Å². The van der Waals surface area contributed by atoms with Gasteiger partial charge in [-0.05, 0) is 25.3 Å². The van der Waals surface area contributed by atoms with Gasteiger partial charge in [-0.3, -0.25) is 4.79 Å². The van der Waals surface area contributed by atoms with E-state index in [-0.39, 0.29) is 5.91 Å². The van der Waals surface area contributed by atoms with Crippen LogP contribution in [0, 0.1) is 0 Å². The summed E-state index contributed by atoms with van der Waals surface area (Å²) in [6.07, 6.45) is 8.26. The van der Waals surface area contributed by atoms with Gasteiger partial charge in [-0.1, -0.05) is 6.08 Å². The number of rotatable bonds is 3. The number of hydrogen-bond donors (Lipinski definition) is 0. The maximum absolute atomic E-state index is 11.8. The smallest absolute Gasteiger partial charge is 0.246 e. The highest BCUT2D eigenvalue weighted by Gasteiger charge is 2.38. The van der Waals surface area contributed by atoms with E-state index in [1.54, 1.807) is 20.3 Å². The first-order valence-corrected chi connectivity index (χ1v) is 6.28. The van der Waals surface area contributed by atoms with Gasteiger partial charge in [-0.15, -0.1) is 0 Å². The Hall–Kier alpha value is -0.870. The van der Waals surface area contributed by atoms with Gasteiger partial charge in [0.2, 0.25) is 5.91 Å². The zero-order chi connectivity index (χ0) is 12.3. The molecule has 2 aliphatic rings. The minimum atomic E-state index is -0.425. The lowest BCUT2D eigenvalue weighted by Gasteiger charge is -2.42. The van der Waals surface area contributed by atoms with Crippen LogP contribution < -0.4 is 0 Å². The van der Waals surface area contributed by atoms with Crippen molar-refractivity contribution in [3.8, 4) is 0 Å². The quantitative estimate of drug-likeness (QED) is 0.704. The summed E-state index contributed by atoms with van der Waals surface area (Å²) in [5.74, 6) is -0.269. The standard InChI is InChI=1S/C13H21NO3/c1-16-13(17-2)8-6-11(7-9-13)14-10-4-3-5-12(14)15/h3,5,11H,4,6-10H2,1-2H3. The molecule has 4 heteroatoms. The summed E-state index contributed by atoms with van der Waals surface area (Å²) < 4.78 is 10.9. The van der Waals surface area contributed by atoms with Crippen molar-refractivity contribution in [2.24, 2.45) is 0 Å². The average molecular weight is 239 g/mol. The Kier molecular flexibility index (Phi) is 3.84. The third kappa shape index (κ3) is 2.53. The first-order valence-electron chi connectivity index (χ1n) is 6.28. The van der Waals surface area contributed by atoms with Crippen molar-refractivity contribution in [2.45, 2.75) is 43.9 Å². The molecule has 1 fully saturated rings. The van der Waals surface area contributed by atoms with Crippen molar-refractivity contribution in [1.82, 2.24) is 4.90 Å². The Bertz CT molecular complexity index is 300. The molecule has 1 aliphatic heterocycles. The van der Waals surface area contributed by atoms with Gasteiger partial charge in [0.25, 0.3) is 0 Å². The third-order valence-corrected chi connectivity index (χ3v) is 3.98. The van der Waals surface area contributed by atoms with Crippen molar-refractivity contribution in [3.05, 3.63) is 12.2 Å². The van der Waals surface area contributed by atoms with E-state index in [0.717, 1.165) is 38.6 Å². The molecular weight excluding hydrogens is 218 g/mol. The predicted molar refractivity (Wildman–Crippen MR) is 64.5 cm³/mol. The lowest BCUT2D eigenvalue weighted by Crippen LogP contribution is -2.48. The van der Waals surface area contributed by atoms with Crippen LogP contribution in [0.3, 0.4) is 0 Å². The number of hydrogen-bond acceptors (Lipinski definition) is 3. The SMILES string of the molecule is COC1(OC)CCC(N2CCC=CC2=O)CC1. The molecule has 1 saturated carbocycles. The number of carbonyl (C=O) groups excluding carboxylic acids is 1.